The Morgan fingerprint density at radius 2 is 2.36 bits per heavy atom. The van der Waals surface area contributed by atoms with E-state index in [0.29, 0.717) is 6.61 Å². The van der Waals surface area contributed by atoms with Gasteiger partial charge >= 0.3 is 0 Å². The molecule has 0 aliphatic carbocycles. The molecule has 0 spiro atoms. The molecule has 14 heavy (non-hydrogen) atoms. The Morgan fingerprint density at radius 1 is 1.50 bits per heavy atom. The molecule has 0 amide bonds. The second-order valence-electron chi connectivity index (χ2n) is 3.17. The van der Waals surface area contributed by atoms with E-state index in [-0.39, 0.29) is 0 Å². The van der Waals surface area contributed by atoms with E-state index in [1.54, 1.807) is 0 Å². The summed E-state index contributed by atoms with van der Waals surface area (Å²) < 4.78 is 5.24. The summed E-state index contributed by atoms with van der Waals surface area (Å²) >= 11 is 0. The van der Waals surface area contributed by atoms with Crippen LogP contribution in [0.25, 0.3) is 0 Å². The van der Waals surface area contributed by atoms with Crippen molar-refractivity contribution in [3.63, 3.8) is 0 Å². The van der Waals surface area contributed by atoms with E-state index in [9.17, 15) is 0 Å². The molecule has 4 nitrogen and oxygen atoms in total. The van der Waals surface area contributed by atoms with Gasteiger partial charge < -0.3 is 15.0 Å². The summed E-state index contributed by atoms with van der Waals surface area (Å²) in [6, 6.07) is 0. The van der Waals surface area contributed by atoms with Crippen molar-refractivity contribution in [1.82, 2.24) is 15.3 Å². The van der Waals surface area contributed by atoms with Crippen LogP contribution in [0.15, 0.2) is 6.20 Å². The molecule has 0 aliphatic heterocycles. The summed E-state index contributed by atoms with van der Waals surface area (Å²) in [6.45, 7) is 7.33. The smallest absolute Gasteiger partial charge is 0.132 e. The summed E-state index contributed by atoms with van der Waals surface area (Å²) in [4.78, 5) is 7.42. The maximum absolute atomic E-state index is 5.24. The molecule has 0 saturated carbocycles. The molecule has 1 aromatic heterocycles. The maximum Gasteiger partial charge on any atom is 0.132 e. The number of rotatable bonds is 7. The van der Waals surface area contributed by atoms with E-state index in [0.717, 1.165) is 37.6 Å². The highest BCUT2D eigenvalue weighted by molar-refractivity contribution is 5.00. The molecule has 80 valence electrons. The minimum absolute atomic E-state index is 0.574. The monoisotopic (exact) mass is 197 g/mol. The van der Waals surface area contributed by atoms with Crippen molar-refractivity contribution < 1.29 is 4.74 Å². The Balaban J connectivity index is 2.27. The van der Waals surface area contributed by atoms with Gasteiger partial charge in [-0.25, -0.2) is 4.98 Å². The highest BCUT2D eigenvalue weighted by Crippen LogP contribution is 1.98. The molecular weight excluding hydrogens is 178 g/mol. The van der Waals surface area contributed by atoms with Crippen LogP contribution in [0, 0.1) is 0 Å². The fourth-order valence-corrected chi connectivity index (χ4v) is 1.17. The maximum atomic E-state index is 5.24. The van der Waals surface area contributed by atoms with Crippen LogP contribution in [0.2, 0.25) is 0 Å². The largest absolute Gasteiger partial charge is 0.374 e. The SMILES string of the molecule is CCCNCc1cnc(COCC)[nH]1. The Labute approximate surface area is 85.1 Å². The molecule has 0 bridgehead atoms. The van der Waals surface area contributed by atoms with E-state index in [1.807, 2.05) is 13.1 Å². The van der Waals surface area contributed by atoms with Crippen molar-refractivity contribution in [3.05, 3.63) is 17.7 Å². The van der Waals surface area contributed by atoms with Crippen LogP contribution >= 0.6 is 0 Å². The Hall–Kier alpha value is -0.870. The van der Waals surface area contributed by atoms with Crippen LogP contribution in [0.4, 0.5) is 0 Å². The van der Waals surface area contributed by atoms with Crippen molar-refractivity contribution in [2.75, 3.05) is 13.2 Å². The lowest BCUT2D eigenvalue weighted by Gasteiger charge is -1.99. The van der Waals surface area contributed by atoms with Gasteiger partial charge in [-0.2, -0.15) is 0 Å². The standard InChI is InChI=1S/C10H19N3O/c1-3-5-11-6-9-7-12-10(13-9)8-14-4-2/h7,11H,3-6,8H2,1-2H3,(H,12,13). The molecule has 1 rings (SSSR count). The molecule has 1 heterocycles. The first-order valence-corrected chi connectivity index (χ1v) is 5.18. The van der Waals surface area contributed by atoms with Gasteiger partial charge in [0.15, 0.2) is 0 Å². The number of nitrogens with one attached hydrogen (secondary N) is 2. The molecule has 0 saturated heterocycles. The first-order valence-electron chi connectivity index (χ1n) is 5.18. The van der Waals surface area contributed by atoms with Crippen LogP contribution < -0.4 is 5.32 Å². The molecule has 0 atom stereocenters. The zero-order chi connectivity index (χ0) is 10.2. The number of H-pyrrole nitrogens is 1. The zero-order valence-corrected chi connectivity index (χ0v) is 8.97. The van der Waals surface area contributed by atoms with Crippen molar-refractivity contribution in [2.45, 2.75) is 33.4 Å². The summed E-state index contributed by atoms with van der Waals surface area (Å²) in [5.74, 6) is 0.903. The third kappa shape index (κ3) is 3.89. The summed E-state index contributed by atoms with van der Waals surface area (Å²) in [5, 5.41) is 3.31. The molecule has 0 radical (unpaired) electrons. The van der Waals surface area contributed by atoms with E-state index >= 15 is 0 Å². The van der Waals surface area contributed by atoms with Gasteiger partial charge in [-0.3, -0.25) is 0 Å². The molecule has 0 aromatic carbocycles. The highest BCUT2D eigenvalue weighted by atomic mass is 16.5. The number of nitrogens with zero attached hydrogens (tertiary/aromatic N) is 1. The lowest BCUT2D eigenvalue weighted by Crippen LogP contribution is -2.13. The molecule has 4 heteroatoms. The summed E-state index contributed by atoms with van der Waals surface area (Å²) in [6.07, 6.45) is 3.01. The average molecular weight is 197 g/mol. The Kier molecular flexibility index (Phi) is 5.25. The molecule has 0 aliphatic rings. The number of aromatic amines is 1. The zero-order valence-electron chi connectivity index (χ0n) is 8.97. The van der Waals surface area contributed by atoms with Crippen molar-refractivity contribution in [2.24, 2.45) is 0 Å². The predicted octanol–water partition coefficient (Wildman–Crippen LogP) is 1.45. The second kappa shape index (κ2) is 6.56. The lowest BCUT2D eigenvalue weighted by atomic mass is 10.4. The van der Waals surface area contributed by atoms with E-state index in [2.05, 4.69) is 22.2 Å². The first-order chi connectivity index (χ1) is 6.86. The molecule has 0 unspecified atom stereocenters. The first kappa shape index (κ1) is 11.2. The molecule has 0 fully saturated rings. The van der Waals surface area contributed by atoms with Crippen LogP contribution in [-0.2, 0) is 17.9 Å². The predicted molar refractivity (Wildman–Crippen MR) is 55.9 cm³/mol. The van der Waals surface area contributed by atoms with Gasteiger partial charge in [0, 0.05) is 25.0 Å². The fraction of sp³-hybridized carbons (Fsp3) is 0.700. The number of aromatic nitrogens is 2. The minimum Gasteiger partial charge on any atom is -0.374 e. The van der Waals surface area contributed by atoms with Gasteiger partial charge in [0.05, 0.1) is 0 Å². The third-order valence-electron chi connectivity index (χ3n) is 1.87. The van der Waals surface area contributed by atoms with Gasteiger partial charge in [-0.15, -0.1) is 0 Å². The van der Waals surface area contributed by atoms with Crippen LogP contribution in [0.5, 0.6) is 0 Å². The van der Waals surface area contributed by atoms with Crippen molar-refractivity contribution in [1.29, 1.82) is 0 Å². The van der Waals surface area contributed by atoms with E-state index < -0.39 is 0 Å². The normalized spacial score (nSPS) is 10.7. The number of ether oxygens (including phenoxy) is 1. The van der Waals surface area contributed by atoms with Gasteiger partial charge in [-0.1, -0.05) is 6.92 Å². The van der Waals surface area contributed by atoms with Crippen molar-refractivity contribution >= 4 is 0 Å². The minimum atomic E-state index is 0.574. The average Bonchev–Trinajstić information content (AvgIpc) is 2.63. The molecular formula is C10H19N3O. The summed E-state index contributed by atoms with van der Waals surface area (Å²) in [7, 11) is 0. The fourth-order valence-electron chi connectivity index (χ4n) is 1.17. The van der Waals surface area contributed by atoms with Crippen LogP contribution in [0.1, 0.15) is 31.8 Å². The van der Waals surface area contributed by atoms with Gasteiger partial charge in [0.2, 0.25) is 0 Å². The van der Waals surface area contributed by atoms with Crippen LogP contribution in [0.3, 0.4) is 0 Å². The Bertz CT molecular complexity index is 247. The third-order valence-corrected chi connectivity index (χ3v) is 1.87. The van der Waals surface area contributed by atoms with Gasteiger partial charge in [-0.05, 0) is 19.9 Å². The number of hydrogen-bond donors (Lipinski definition) is 2. The molecule has 1 aromatic rings. The quantitative estimate of drug-likeness (QED) is 0.650. The number of imidazole rings is 1. The second-order valence-corrected chi connectivity index (χ2v) is 3.17. The van der Waals surface area contributed by atoms with E-state index in [4.69, 9.17) is 4.74 Å². The highest BCUT2D eigenvalue weighted by Gasteiger charge is 1.99. The van der Waals surface area contributed by atoms with E-state index in [1.165, 1.54) is 0 Å². The summed E-state index contributed by atoms with van der Waals surface area (Å²) in [5.41, 5.74) is 1.12. The topological polar surface area (TPSA) is 49.9 Å². The van der Waals surface area contributed by atoms with Crippen molar-refractivity contribution in [3.8, 4) is 0 Å². The van der Waals surface area contributed by atoms with Crippen LogP contribution in [-0.4, -0.2) is 23.1 Å². The number of hydrogen-bond acceptors (Lipinski definition) is 3. The molecule has 2 N–H and O–H groups in total. The Morgan fingerprint density at radius 3 is 3.07 bits per heavy atom. The lowest BCUT2D eigenvalue weighted by molar-refractivity contribution is 0.129. The van der Waals surface area contributed by atoms with Gasteiger partial charge in [0.25, 0.3) is 0 Å². The van der Waals surface area contributed by atoms with Gasteiger partial charge in [0.1, 0.15) is 12.4 Å².